The van der Waals surface area contributed by atoms with Gasteiger partial charge in [-0.25, -0.2) is 0 Å². The molecule has 1 nitrogen and oxygen atoms in total. The number of unbranched alkanes of at least 4 members (excludes halogenated alkanes) is 1. The van der Waals surface area contributed by atoms with Crippen LogP contribution in [0.5, 0.6) is 0 Å². The molecule has 90 valence electrons. The van der Waals surface area contributed by atoms with Crippen molar-refractivity contribution in [1.82, 2.24) is 5.32 Å². The first-order chi connectivity index (χ1) is 8.33. The zero-order valence-corrected chi connectivity index (χ0v) is 11.8. The van der Waals surface area contributed by atoms with Crippen molar-refractivity contribution in [2.24, 2.45) is 0 Å². The zero-order chi connectivity index (χ0) is 12.1. The molecule has 0 unspecified atom stereocenters. The van der Waals surface area contributed by atoms with E-state index in [4.69, 9.17) is 0 Å². The lowest BCUT2D eigenvalue weighted by Gasteiger charge is -2.09. The molecule has 0 amide bonds. The molecule has 0 atom stereocenters. The van der Waals surface area contributed by atoms with Gasteiger partial charge in [-0.3, -0.25) is 0 Å². The van der Waals surface area contributed by atoms with E-state index in [1.54, 1.807) is 0 Å². The van der Waals surface area contributed by atoms with Gasteiger partial charge < -0.3 is 5.32 Å². The van der Waals surface area contributed by atoms with Crippen LogP contribution in [-0.4, -0.2) is 6.54 Å². The van der Waals surface area contributed by atoms with Gasteiger partial charge >= 0.3 is 0 Å². The zero-order valence-electron chi connectivity index (χ0n) is 10.2. The van der Waals surface area contributed by atoms with Crippen molar-refractivity contribution in [3.05, 3.63) is 46.4 Å². The van der Waals surface area contributed by atoms with E-state index in [0.29, 0.717) is 0 Å². The molecule has 0 aliphatic carbocycles. The number of nitrogens with one attached hydrogen (secondary N) is 1. The van der Waals surface area contributed by atoms with Gasteiger partial charge in [0.1, 0.15) is 0 Å². The number of rotatable bonds is 5. The van der Waals surface area contributed by atoms with Gasteiger partial charge in [0.05, 0.1) is 0 Å². The standard InChI is InChI=1S/C15H18BrN/c1-2-3-10-17-11-12-8-9-15(16)14-7-5-4-6-13(12)14/h4-9,17H,2-3,10-11H2,1H3. The van der Waals surface area contributed by atoms with Crippen molar-refractivity contribution in [2.45, 2.75) is 26.3 Å². The minimum atomic E-state index is 0.952. The molecule has 0 saturated carbocycles. The average Bonchev–Trinajstić information content (AvgIpc) is 2.37. The van der Waals surface area contributed by atoms with Gasteiger partial charge in [-0.15, -0.1) is 0 Å². The van der Waals surface area contributed by atoms with Crippen molar-refractivity contribution in [3.63, 3.8) is 0 Å². The Labute approximate surface area is 111 Å². The average molecular weight is 292 g/mol. The van der Waals surface area contributed by atoms with Crippen molar-refractivity contribution < 1.29 is 0 Å². The summed E-state index contributed by atoms with van der Waals surface area (Å²) in [5.41, 5.74) is 1.37. The fourth-order valence-corrected chi connectivity index (χ4v) is 2.48. The Morgan fingerprint density at radius 3 is 2.59 bits per heavy atom. The SMILES string of the molecule is CCCCNCc1ccc(Br)c2ccccc12. The third kappa shape index (κ3) is 3.08. The molecule has 2 heteroatoms. The number of hydrogen-bond donors (Lipinski definition) is 1. The fraction of sp³-hybridized carbons (Fsp3) is 0.333. The van der Waals surface area contributed by atoms with Crippen LogP contribution >= 0.6 is 15.9 Å². The Hall–Kier alpha value is -0.860. The first-order valence-electron chi connectivity index (χ1n) is 6.19. The Kier molecular flexibility index (Phi) is 4.57. The molecule has 17 heavy (non-hydrogen) atoms. The van der Waals surface area contributed by atoms with E-state index in [0.717, 1.165) is 13.1 Å². The van der Waals surface area contributed by atoms with Gasteiger partial charge in [0.25, 0.3) is 0 Å². The number of halogens is 1. The smallest absolute Gasteiger partial charge is 0.0253 e. The second-order valence-electron chi connectivity index (χ2n) is 4.28. The van der Waals surface area contributed by atoms with Crippen LogP contribution in [0, 0.1) is 0 Å². The second-order valence-corrected chi connectivity index (χ2v) is 5.14. The molecule has 2 aromatic rings. The maximum atomic E-state index is 3.60. The lowest BCUT2D eigenvalue weighted by atomic mass is 10.0. The van der Waals surface area contributed by atoms with Gasteiger partial charge in [-0.05, 0) is 35.4 Å². The monoisotopic (exact) mass is 291 g/mol. The Morgan fingerprint density at radius 1 is 1.06 bits per heavy atom. The van der Waals surface area contributed by atoms with Crippen LogP contribution in [0.15, 0.2) is 40.9 Å². The predicted octanol–water partition coefficient (Wildman–Crippen LogP) is 4.49. The summed E-state index contributed by atoms with van der Waals surface area (Å²) >= 11 is 3.60. The molecular weight excluding hydrogens is 274 g/mol. The maximum Gasteiger partial charge on any atom is 0.0253 e. The van der Waals surface area contributed by atoms with E-state index >= 15 is 0 Å². The molecule has 0 aliphatic heterocycles. The minimum Gasteiger partial charge on any atom is -0.313 e. The van der Waals surface area contributed by atoms with Gasteiger partial charge in [-0.1, -0.05) is 59.6 Å². The first-order valence-corrected chi connectivity index (χ1v) is 6.99. The fourth-order valence-electron chi connectivity index (χ4n) is 2.00. The van der Waals surface area contributed by atoms with Gasteiger partial charge in [0, 0.05) is 11.0 Å². The van der Waals surface area contributed by atoms with Crippen LogP contribution in [-0.2, 0) is 6.54 Å². The van der Waals surface area contributed by atoms with Gasteiger partial charge in [-0.2, -0.15) is 0 Å². The van der Waals surface area contributed by atoms with Crippen molar-refractivity contribution >= 4 is 26.7 Å². The summed E-state index contributed by atoms with van der Waals surface area (Å²) in [6.07, 6.45) is 2.49. The van der Waals surface area contributed by atoms with E-state index in [1.165, 1.54) is 33.7 Å². The Bertz CT molecular complexity index is 493. The summed E-state index contributed by atoms with van der Waals surface area (Å²) in [7, 11) is 0. The summed E-state index contributed by atoms with van der Waals surface area (Å²) in [4.78, 5) is 0. The molecular formula is C15H18BrN. The Morgan fingerprint density at radius 2 is 1.82 bits per heavy atom. The van der Waals surface area contributed by atoms with Crippen molar-refractivity contribution in [3.8, 4) is 0 Å². The third-order valence-corrected chi connectivity index (χ3v) is 3.68. The van der Waals surface area contributed by atoms with E-state index in [2.05, 4.69) is 64.6 Å². The van der Waals surface area contributed by atoms with Crippen LogP contribution in [0.2, 0.25) is 0 Å². The summed E-state index contributed by atoms with van der Waals surface area (Å²) < 4.78 is 1.17. The molecule has 0 saturated heterocycles. The highest BCUT2D eigenvalue weighted by Crippen LogP contribution is 2.26. The summed E-state index contributed by atoms with van der Waals surface area (Å²) in [6, 6.07) is 12.9. The first kappa shape index (κ1) is 12.6. The maximum absolute atomic E-state index is 3.60. The molecule has 0 bridgehead atoms. The van der Waals surface area contributed by atoms with Gasteiger partial charge in [0.15, 0.2) is 0 Å². The molecule has 0 heterocycles. The molecule has 0 radical (unpaired) electrons. The molecule has 0 aromatic heterocycles. The summed E-state index contributed by atoms with van der Waals surface area (Å²) in [5, 5.41) is 6.13. The topological polar surface area (TPSA) is 12.0 Å². The molecule has 1 N–H and O–H groups in total. The van der Waals surface area contributed by atoms with E-state index < -0.39 is 0 Å². The van der Waals surface area contributed by atoms with E-state index in [9.17, 15) is 0 Å². The second kappa shape index (κ2) is 6.18. The quantitative estimate of drug-likeness (QED) is 0.800. The largest absolute Gasteiger partial charge is 0.313 e. The van der Waals surface area contributed by atoms with Crippen LogP contribution in [0.4, 0.5) is 0 Å². The Balaban J connectivity index is 2.20. The lowest BCUT2D eigenvalue weighted by molar-refractivity contribution is 0.643. The highest BCUT2D eigenvalue weighted by atomic mass is 79.9. The molecule has 2 aromatic carbocycles. The van der Waals surface area contributed by atoms with E-state index in [-0.39, 0.29) is 0 Å². The lowest BCUT2D eigenvalue weighted by Crippen LogP contribution is -2.14. The molecule has 0 aliphatic rings. The van der Waals surface area contributed by atoms with Crippen molar-refractivity contribution in [1.29, 1.82) is 0 Å². The van der Waals surface area contributed by atoms with Crippen LogP contribution in [0.1, 0.15) is 25.3 Å². The highest BCUT2D eigenvalue weighted by Gasteiger charge is 2.03. The number of fused-ring (bicyclic) bond motifs is 1. The highest BCUT2D eigenvalue weighted by molar-refractivity contribution is 9.10. The normalized spacial score (nSPS) is 10.9. The van der Waals surface area contributed by atoms with Crippen LogP contribution < -0.4 is 5.32 Å². The molecule has 0 spiro atoms. The number of hydrogen-bond acceptors (Lipinski definition) is 1. The summed E-state index contributed by atoms with van der Waals surface area (Å²) in [5.74, 6) is 0. The molecule has 0 fully saturated rings. The minimum absolute atomic E-state index is 0.952. The third-order valence-electron chi connectivity index (χ3n) is 2.98. The number of benzene rings is 2. The summed E-state index contributed by atoms with van der Waals surface area (Å²) in [6.45, 7) is 4.27. The van der Waals surface area contributed by atoms with Crippen LogP contribution in [0.3, 0.4) is 0 Å². The van der Waals surface area contributed by atoms with Crippen molar-refractivity contribution in [2.75, 3.05) is 6.54 Å². The van der Waals surface area contributed by atoms with E-state index in [1.807, 2.05) is 0 Å². The van der Waals surface area contributed by atoms with Crippen LogP contribution in [0.25, 0.3) is 10.8 Å². The van der Waals surface area contributed by atoms with Gasteiger partial charge in [0.2, 0.25) is 0 Å². The predicted molar refractivity (Wildman–Crippen MR) is 78.3 cm³/mol. The molecule has 2 rings (SSSR count).